The summed E-state index contributed by atoms with van der Waals surface area (Å²) in [7, 11) is 0. The summed E-state index contributed by atoms with van der Waals surface area (Å²) in [6.07, 6.45) is 2.94. The topological polar surface area (TPSA) is 92.4 Å². The largest absolute Gasteiger partial charge is 0.481 e. The van der Waals surface area contributed by atoms with Crippen molar-refractivity contribution < 1.29 is 14.7 Å². The van der Waals surface area contributed by atoms with Crippen molar-refractivity contribution in [2.75, 3.05) is 6.54 Å². The fourth-order valence-corrected chi connectivity index (χ4v) is 2.19. The molecule has 1 unspecified atom stereocenters. The number of carbonyl (C=O) groups is 2. The monoisotopic (exact) mass is 256 g/mol. The third-order valence-corrected chi connectivity index (χ3v) is 4.31. The van der Waals surface area contributed by atoms with Gasteiger partial charge in [-0.25, -0.2) is 0 Å². The van der Waals surface area contributed by atoms with Crippen LogP contribution in [-0.2, 0) is 9.59 Å². The first-order chi connectivity index (χ1) is 8.30. The molecule has 104 valence electrons. The van der Waals surface area contributed by atoms with E-state index in [9.17, 15) is 14.7 Å². The van der Waals surface area contributed by atoms with E-state index in [4.69, 9.17) is 5.73 Å². The molecule has 0 heterocycles. The molecule has 1 rings (SSSR count). The molecule has 1 atom stereocenters. The van der Waals surface area contributed by atoms with E-state index in [1.54, 1.807) is 6.92 Å². The minimum atomic E-state index is -0.880. The van der Waals surface area contributed by atoms with E-state index in [-0.39, 0.29) is 18.4 Å². The summed E-state index contributed by atoms with van der Waals surface area (Å²) in [4.78, 5) is 23.3. The highest BCUT2D eigenvalue weighted by Crippen LogP contribution is 2.38. The van der Waals surface area contributed by atoms with E-state index in [1.807, 2.05) is 13.8 Å². The van der Waals surface area contributed by atoms with Crippen molar-refractivity contribution in [2.45, 2.75) is 52.0 Å². The molecule has 18 heavy (non-hydrogen) atoms. The van der Waals surface area contributed by atoms with Gasteiger partial charge in [-0.2, -0.15) is 0 Å². The standard InChI is InChI=1S/C13H24N2O3/c1-4-13(5-2,11(17)18)8-15-10(16)12(3,14)9-6-7-9/h9H,4-8,14H2,1-3H3,(H,15,16)(H,17,18). The van der Waals surface area contributed by atoms with Gasteiger partial charge < -0.3 is 16.2 Å². The van der Waals surface area contributed by atoms with Gasteiger partial charge in [0.15, 0.2) is 0 Å². The van der Waals surface area contributed by atoms with Crippen molar-refractivity contribution in [3.8, 4) is 0 Å². The molecule has 0 aromatic heterocycles. The Bertz CT molecular complexity index is 331. The van der Waals surface area contributed by atoms with Crippen molar-refractivity contribution in [1.29, 1.82) is 0 Å². The summed E-state index contributed by atoms with van der Waals surface area (Å²) in [6, 6.07) is 0. The minimum absolute atomic E-state index is 0.147. The van der Waals surface area contributed by atoms with E-state index in [0.717, 1.165) is 12.8 Å². The number of nitrogens with two attached hydrogens (primary N) is 1. The number of hydrogen-bond donors (Lipinski definition) is 3. The minimum Gasteiger partial charge on any atom is -0.481 e. The Kier molecular flexibility index (Phi) is 4.37. The highest BCUT2D eigenvalue weighted by molar-refractivity contribution is 5.87. The van der Waals surface area contributed by atoms with Crippen LogP contribution in [0.25, 0.3) is 0 Å². The van der Waals surface area contributed by atoms with Crippen molar-refractivity contribution >= 4 is 11.9 Å². The van der Waals surface area contributed by atoms with Crippen LogP contribution in [0.2, 0.25) is 0 Å². The number of hydrogen-bond acceptors (Lipinski definition) is 3. The van der Waals surface area contributed by atoms with Crippen LogP contribution >= 0.6 is 0 Å². The van der Waals surface area contributed by atoms with Crippen LogP contribution in [0.15, 0.2) is 0 Å². The molecular formula is C13H24N2O3. The van der Waals surface area contributed by atoms with Gasteiger partial charge in [-0.3, -0.25) is 9.59 Å². The zero-order valence-corrected chi connectivity index (χ0v) is 11.5. The van der Waals surface area contributed by atoms with Crippen molar-refractivity contribution in [2.24, 2.45) is 17.1 Å². The van der Waals surface area contributed by atoms with Gasteiger partial charge in [-0.05, 0) is 38.5 Å². The van der Waals surface area contributed by atoms with Gasteiger partial charge in [0, 0.05) is 6.54 Å². The first kappa shape index (κ1) is 15.0. The number of rotatable bonds is 7. The first-order valence-corrected chi connectivity index (χ1v) is 6.60. The number of amides is 1. The lowest BCUT2D eigenvalue weighted by molar-refractivity contribution is -0.149. The molecule has 0 radical (unpaired) electrons. The zero-order valence-electron chi connectivity index (χ0n) is 11.5. The first-order valence-electron chi connectivity index (χ1n) is 6.60. The van der Waals surface area contributed by atoms with Gasteiger partial charge in [0.1, 0.15) is 0 Å². The summed E-state index contributed by atoms with van der Waals surface area (Å²) in [6.45, 7) is 5.52. The summed E-state index contributed by atoms with van der Waals surface area (Å²) >= 11 is 0. The highest BCUT2D eigenvalue weighted by atomic mass is 16.4. The van der Waals surface area contributed by atoms with Gasteiger partial charge in [0.05, 0.1) is 11.0 Å². The number of aliphatic carboxylic acids is 1. The van der Waals surface area contributed by atoms with Crippen LogP contribution in [0.3, 0.4) is 0 Å². The molecule has 0 spiro atoms. The molecule has 5 heteroatoms. The molecule has 0 aromatic carbocycles. The summed E-state index contributed by atoms with van der Waals surface area (Å²) in [5, 5.41) is 12.0. The maximum atomic E-state index is 12.0. The van der Waals surface area contributed by atoms with Crippen molar-refractivity contribution in [3.05, 3.63) is 0 Å². The average molecular weight is 256 g/mol. The Morgan fingerprint density at radius 1 is 1.33 bits per heavy atom. The van der Waals surface area contributed by atoms with Gasteiger partial charge in [0.25, 0.3) is 0 Å². The number of carbonyl (C=O) groups excluding carboxylic acids is 1. The fourth-order valence-electron chi connectivity index (χ4n) is 2.19. The van der Waals surface area contributed by atoms with Gasteiger partial charge >= 0.3 is 5.97 Å². The Balaban J connectivity index is 2.62. The van der Waals surface area contributed by atoms with Crippen LogP contribution in [0.1, 0.15) is 46.5 Å². The Morgan fingerprint density at radius 3 is 2.17 bits per heavy atom. The summed E-state index contributed by atoms with van der Waals surface area (Å²) < 4.78 is 0. The van der Waals surface area contributed by atoms with Crippen LogP contribution in [0.5, 0.6) is 0 Å². The Hall–Kier alpha value is -1.10. The molecule has 4 N–H and O–H groups in total. The van der Waals surface area contributed by atoms with Crippen molar-refractivity contribution in [1.82, 2.24) is 5.32 Å². The number of carboxylic acid groups (broad SMARTS) is 1. The second-order valence-corrected chi connectivity index (χ2v) is 5.53. The molecule has 1 aliphatic rings. The maximum absolute atomic E-state index is 12.0. The highest BCUT2D eigenvalue weighted by Gasteiger charge is 2.45. The van der Waals surface area contributed by atoms with Gasteiger partial charge in [-0.1, -0.05) is 13.8 Å². The van der Waals surface area contributed by atoms with E-state index >= 15 is 0 Å². The molecule has 0 aromatic rings. The molecule has 1 saturated carbocycles. The van der Waals surface area contributed by atoms with E-state index in [2.05, 4.69) is 5.32 Å². The lowest BCUT2D eigenvalue weighted by Crippen LogP contribution is -2.55. The SMILES string of the molecule is CCC(CC)(CNC(=O)C(C)(N)C1CC1)C(=O)O. The molecule has 1 fully saturated rings. The molecular weight excluding hydrogens is 232 g/mol. The van der Waals surface area contributed by atoms with E-state index in [0.29, 0.717) is 12.8 Å². The third-order valence-electron chi connectivity index (χ3n) is 4.31. The predicted octanol–water partition coefficient (Wildman–Crippen LogP) is 1.12. The summed E-state index contributed by atoms with van der Waals surface area (Å²) in [5.74, 6) is -0.865. The Labute approximate surface area is 108 Å². The zero-order chi connectivity index (χ0) is 14.0. The second kappa shape index (κ2) is 5.26. The number of carboxylic acids is 1. The van der Waals surface area contributed by atoms with Crippen molar-refractivity contribution in [3.63, 3.8) is 0 Å². The maximum Gasteiger partial charge on any atom is 0.311 e. The molecule has 1 aliphatic carbocycles. The number of nitrogens with one attached hydrogen (secondary N) is 1. The van der Waals surface area contributed by atoms with E-state index < -0.39 is 16.9 Å². The smallest absolute Gasteiger partial charge is 0.311 e. The molecule has 0 bridgehead atoms. The quantitative estimate of drug-likeness (QED) is 0.636. The second-order valence-electron chi connectivity index (χ2n) is 5.53. The third kappa shape index (κ3) is 2.83. The lowest BCUT2D eigenvalue weighted by Gasteiger charge is -2.30. The fraction of sp³-hybridized carbons (Fsp3) is 0.846. The van der Waals surface area contributed by atoms with Gasteiger partial charge in [-0.15, -0.1) is 0 Å². The normalized spacial score (nSPS) is 19.1. The van der Waals surface area contributed by atoms with Gasteiger partial charge in [0.2, 0.25) is 5.91 Å². The lowest BCUT2D eigenvalue weighted by atomic mass is 9.82. The van der Waals surface area contributed by atoms with Crippen LogP contribution < -0.4 is 11.1 Å². The molecule has 0 aliphatic heterocycles. The summed E-state index contributed by atoms with van der Waals surface area (Å²) in [5.41, 5.74) is 4.25. The Morgan fingerprint density at radius 2 is 1.83 bits per heavy atom. The average Bonchev–Trinajstić information content (AvgIpc) is 3.14. The van der Waals surface area contributed by atoms with Crippen LogP contribution in [-0.4, -0.2) is 29.1 Å². The van der Waals surface area contributed by atoms with Crippen LogP contribution in [0.4, 0.5) is 0 Å². The predicted molar refractivity (Wildman–Crippen MR) is 69.0 cm³/mol. The molecule has 5 nitrogen and oxygen atoms in total. The van der Waals surface area contributed by atoms with E-state index in [1.165, 1.54) is 0 Å². The molecule has 1 amide bonds. The van der Waals surface area contributed by atoms with Crippen LogP contribution in [0, 0.1) is 11.3 Å². The molecule has 0 saturated heterocycles.